The van der Waals surface area contributed by atoms with Crippen LogP contribution < -0.4 is 5.32 Å². The maximum absolute atomic E-state index is 12.5. The Hall–Kier alpha value is -2.42. The van der Waals surface area contributed by atoms with Crippen molar-refractivity contribution in [3.63, 3.8) is 0 Å². The normalized spacial score (nSPS) is 11.0. The van der Waals surface area contributed by atoms with Crippen LogP contribution in [0.3, 0.4) is 0 Å². The molecule has 0 aliphatic rings. The number of amides is 1. The van der Waals surface area contributed by atoms with E-state index in [9.17, 15) is 9.59 Å². The molecule has 0 bridgehead atoms. The van der Waals surface area contributed by atoms with Gasteiger partial charge < -0.3 is 5.32 Å². The molecule has 3 heteroatoms. The minimum Gasteiger partial charge on any atom is -0.348 e. The molecule has 0 aliphatic heterocycles. The number of rotatable bonds is 4. The van der Waals surface area contributed by atoms with E-state index < -0.39 is 5.41 Å². The highest BCUT2D eigenvalue weighted by molar-refractivity contribution is 6.09. The van der Waals surface area contributed by atoms with Crippen LogP contribution in [-0.4, -0.2) is 11.7 Å². The number of hydrogen-bond acceptors (Lipinski definition) is 2. The van der Waals surface area contributed by atoms with Gasteiger partial charge in [0.05, 0.1) is 5.56 Å². The average molecular weight is 295 g/mol. The molecule has 22 heavy (non-hydrogen) atoms. The molecule has 3 nitrogen and oxygen atoms in total. The number of carbonyl (C=O) groups is 2. The predicted octanol–water partition coefficient (Wildman–Crippen LogP) is 3.85. The van der Waals surface area contributed by atoms with Gasteiger partial charge in [-0.25, -0.2) is 0 Å². The number of ketones is 1. The van der Waals surface area contributed by atoms with Gasteiger partial charge in [0.15, 0.2) is 5.78 Å². The molecule has 0 aromatic heterocycles. The summed E-state index contributed by atoms with van der Waals surface area (Å²) in [7, 11) is 0. The predicted molar refractivity (Wildman–Crippen MR) is 87.8 cm³/mol. The lowest BCUT2D eigenvalue weighted by Gasteiger charge is -2.18. The Morgan fingerprint density at radius 2 is 1.41 bits per heavy atom. The highest BCUT2D eigenvalue weighted by atomic mass is 16.2. The second-order valence-corrected chi connectivity index (χ2v) is 6.29. The quantitative estimate of drug-likeness (QED) is 0.871. The molecule has 0 unspecified atom stereocenters. The molecule has 1 amide bonds. The van der Waals surface area contributed by atoms with Gasteiger partial charge in [-0.05, 0) is 11.6 Å². The van der Waals surface area contributed by atoms with Crippen molar-refractivity contribution in [2.75, 3.05) is 0 Å². The zero-order valence-electron chi connectivity index (χ0n) is 13.2. The highest BCUT2D eigenvalue weighted by Gasteiger charge is 2.26. The molecule has 0 saturated heterocycles. The van der Waals surface area contributed by atoms with Crippen LogP contribution in [0.1, 0.15) is 47.1 Å². The molecule has 0 spiro atoms. The summed E-state index contributed by atoms with van der Waals surface area (Å²) in [5, 5.41) is 2.87. The molecule has 0 saturated carbocycles. The van der Waals surface area contributed by atoms with E-state index >= 15 is 0 Å². The SMILES string of the molecule is CC(C)(C)C(=O)c1ccccc1C(=O)NCc1ccccc1. The number of nitrogens with one attached hydrogen (secondary N) is 1. The smallest absolute Gasteiger partial charge is 0.252 e. The third-order valence-corrected chi connectivity index (χ3v) is 3.39. The Labute approximate surface area is 131 Å². The summed E-state index contributed by atoms with van der Waals surface area (Å²) in [6.07, 6.45) is 0. The van der Waals surface area contributed by atoms with E-state index in [1.807, 2.05) is 51.1 Å². The first-order valence-electron chi connectivity index (χ1n) is 7.35. The Morgan fingerprint density at radius 1 is 0.864 bits per heavy atom. The van der Waals surface area contributed by atoms with Gasteiger partial charge in [0.2, 0.25) is 0 Å². The molecule has 1 N–H and O–H groups in total. The van der Waals surface area contributed by atoms with Gasteiger partial charge in [-0.15, -0.1) is 0 Å². The van der Waals surface area contributed by atoms with Gasteiger partial charge in [0.1, 0.15) is 0 Å². The first kappa shape index (κ1) is 16.0. The van der Waals surface area contributed by atoms with Crippen LogP contribution in [0.25, 0.3) is 0 Å². The van der Waals surface area contributed by atoms with E-state index in [0.29, 0.717) is 17.7 Å². The largest absolute Gasteiger partial charge is 0.348 e. The van der Waals surface area contributed by atoms with Crippen LogP contribution in [0, 0.1) is 5.41 Å². The fourth-order valence-corrected chi connectivity index (χ4v) is 2.16. The molecule has 2 rings (SSSR count). The first-order valence-corrected chi connectivity index (χ1v) is 7.35. The molecule has 0 fully saturated rings. The molecule has 0 heterocycles. The molecule has 114 valence electrons. The number of benzene rings is 2. The number of Topliss-reactive ketones (excluding diaryl/α,β-unsaturated/α-hetero) is 1. The van der Waals surface area contributed by atoms with Gasteiger partial charge in [-0.3, -0.25) is 9.59 Å². The lowest BCUT2D eigenvalue weighted by molar-refractivity contribution is 0.0847. The van der Waals surface area contributed by atoms with Gasteiger partial charge >= 0.3 is 0 Å². The maximum Gasteiger partial charge on any atom is 0.252 e. The highest BCUT2D eigenvalue weighted by Crippen LogP contribution is 2.23. The van der Waals surface area contributed by atoms with E-state index in [2.05, 4.69) is 5.32 Å². The average Bonchev–Trinajstić information content (AvgIpc) is 2.52. The third-order valence-electron chi connectivity index (χ3n) is 3.39. The summed E-state index contributed by atoms with van der Waals surface area (Å²) in [6.45, 7) is 6.01. The topological polar surface area (TPSA) is 46.2 Å². The summed E-state index contributed by atoms with van der Waals surface area (Å²) < 4.78 is 0. The van der Waals surface area contributed by atoms with Gasteiger partial charge in [-0.2, -0.15) is 0 Å². The summed E-state index contributed by atoms with van der Waals surface area (Å²) in [4.78, 5) is 24.9. The van der Waals surface area contributed by atoms with Gasteiger partial charge in [0, 0.05) is 17.5 Å². The standard InChI is InChI=1S/C19H21NO2/c1-19(2,3)17(21)15-11-7-8-12-16(15)18(22)20-13-14-9-5-4-6-10-14/h4-12H,13H2,1-3H3,(H,20,22). The van der Waals surface area contributed by atoms with Crippen molar-refractivity contribution in [3.8, 4) is 0 Å². The monoisotopic (exact) mass is 295 g/mol. The first-order chi connectivity index (χ1) is 10.4. The fourth-order valence-electron chi connectivity index (χ4n) is 2.16. The lowest BCUT2D eigenvalue weighted by atomic mass is 9.84. The maximum atomic E-state index is 12.5. The van der Waals surface area contributed by atoms with Crippen LogP contribution in [0.2, 0.25) is 0 Å². The van der Waals surface area contributed by atoms with Crippen molar-refractivity contribution >= 4 is 11.7 Å². The van der Waals surface area contributed by atoms with Crippen molar-refractivity contribution < 1.29 is 9.59 Å². The van der Waals surface area contributed by atoms with E-state index in [1.165, 1.54) is 0 Å². The van der Waals surface area contributed by atoms with Crippen molar-refractivity contribution in [2.24, 2.45) is 5.41 Å². The molecule has 0 radical (unpaired) electrons. The van der Waals surface area contributed by atoms with Crippen molar-refractivity contribution in [2.45, 2.75) is 27.3 Å². The fraction of sp³-hybridized carbons (Fsp3) is 0.263. The summed E-state index contributed by atoms with van der Waals surface area (Å²) in [5.41, 5.74) is 1.41. The summed E-state index contributed by atoms with van der Waals surface area (Å²) in [6, 6.07) is 16.7. The van der Waals surface area contributed by atoms with Crippen molar-refractivity contribution in [1.82, 2.24) is 5.32 Å². The van der Waals surface area contributed by atoms with Gasteiger partial charge in [-0.1, -0.05) is 69.3 Å². The molecular formula is C19H21NO2. The van der Waals surface area contributed by atoms with E-state index in [-0.39, 0.29) is 11.7 Å². The van der Waals surface area contributed by atoms with Crippen molar-refractivity contribution in [3.05, 3.63) is 71.3 Å². The van der Waals surface area contributed by atoms with Crippen molar-refractivity contribution in [1.29, 1.82) is 0 Å². The molecule has 2 aromatic carbocycles. The summed E-state index contributed by atoms with van der Waals surface area (Å²) in [5.74, 6) is -0.255. The van der Waals surface area contributed by atoms with Gasteiger partial charge in [0.25, 0.3) is 5.91 Å². The minimum absolute atomic E-state index is 0.0297. The zero-order valence-corrected chi connectivity index (χ0v) is 13.2. The second-order valence-electron chi connectivity index (χ2n) is 6.29. The van der Waals surface area contributed by atoms with Crippen LogP contribution >= 0.6 is 0 Å². The van der Waals surface area contributed by atoms with E-state index in [1.54, 1.807) is 24.3 Å². The molecular weight excluding hydrogens is 274 g/mol. The molecule has 0 atom stereocenters. The Bertz CT molecular complexity index is 669. The lowest BCUT2D eigenvalue weighted by Crippen LogP contribution is -2.28. The van der Waals surface area contributed by atoms with E-state index in [4.69, 9.17) is 0 Å². The van der Waals surface area contributed by atoms with Crippen LogP contribution in [0.15, 0.2) is 54.6 Å². The summed E-state index contributed by atoms with van der Waals surface area (Å²) >= 11 is 0. The number of hydrogen-bond donors (Lipinski definition) is 1. The molecule has 2 aromatic rings. The second kappa shape index (κ2) is 6.56. The Kier molecular flexibility index (Phi) is 4.76. The number of carbonyl (C=O) groups excluding carboxylic acids is 2. The van der Waals surface area contributed by atoms with Crippen LogP contribution in [0.5, 0.6) is 0 Å². The minimum atomic E-state index is -0.518. The van der Waals surface area contributed by atoms with Crippen LogP contribution in [-0.2, 0) is 6.54 Å². The van der Waals surface area contributed by atoms with Crippen LogP contribution in [0.4, 0.5) is 0 Å². The third kappa shape index (κ3) is 3.82. The Morgan fingerprint density at radius 3 is 2.00 bits per heavy atom. The molecule has 0 aliphatic carbocycles. The Balaban J connectivity index is 2.18. The zero-order chi connectivity index (χ0) is 16.2. The van der Waals surface area contributed by atoms with E-state index in [0.717, 1.165) is 5.56 Å².